The van der Waals surface area contributed by atoms with Crippen molar-refractivity contribution in [3.05, 3.63) is 58.9 Å². The molecule has 0 unspecified atom stereocenters. The van der Waals surface area contributed by atoms with E-state index in [2.05, 4.69) is 0 Å². The zero-order valence-corrected chi connectivity index (χ0v) is 18.8. The number of likely N-dealkylation sites (N-methyl/N-ethyl adjacent to an activating group) is 1. The monoisotopic (exact) mass is 440 g/mol. The Morgan fingerprint density at radius 2 is 1.59 bits per heavy atom. The second kappa shape index (κ2) is 9.18. The Balaban J connectivity index is 1.91. The van der Waals surface area contributed by atoms with Crippen LogP contribution in [0.2, 0.25) is 0 Å². The van der Waals surface area contributed by atoms with Crippen LogP contribution in [-0.2, 0) is 4.79 Å². The van der Waals surface area contributed by atoms with E-state index in [1.165, 1.54) is 25.2 Å². The number of carbonyl (C=O) groups excluding carboxylic acids is 2. The zero-order valence-electron chi connectivity index (χ0n) is 18.8. The van der Waals surface area contributed by atoms with E-state index in [4.69, 9.17) is 9.47 Å². The summed E-state index contributed by atoms with van der Waals surface area (Å²) >= 11 is 0. The van der Waals surface area contributed by atoms with Crippen LogP contribution in [0.15, 0.2) is 36.4 Å². The first-order chi connectivity index (χ1) is 15.5. The largest absolute Gasteiger partial charge is 0.493 e. The topological polar surface area (TPSA) is 59.1 Å². The molecule has 2 aliphatic heterocycles. The highest BCUT2D eigenvalue weighted by atomic mass is 19.1. The van der Waals surface area contributed by atoms with Crippen molar-refractivity contribution >= 4 is 11.8 Å². The molecule has 2 aliphatic rings. The third-order valence-electron chi connectivity index (χ3n) is 6.58. The standard InChI is InChI=1S/C25H29FN2O4/c1-27-23(16-10-6-7-11-19(16)26)22(25(30)28-12-8-4-5-9-13-28)17-14-20(31-2)21(32-3)15-18(17)24(27)29/h6-7,10-11,14-15,22-23H,4-5,8-9,12-13H2,1-3H3/t22-,23-/m1/s1. The van der Waals surface area contributed by atoms with Crippen LogP contribution in [0.5, 0.6) is 11.5 Å². The van der Waals surface area contributed by atoms with Gasteiger partial charge in [0.15, 0.2) is 11.5 Å². The molecule has 2 heterocycles. The molecule has 7 heteroatoms. The summed E-state index contributed by atoms with van der Waals surface area (Å²) in [5, 5.41) is 0. The highest BCUT2D eigenvalue weighted by Gasteiger charge is 2.45. The summed E-state index contributed by atoms with van der Waals surface area (Å²) in [6.45, 7) is 1.33. The van der Waals surface area contributed by atoms with Gasteiger partial charge in [0.05, 0.1) is 26.2 Å². The van der Waals surface area contributed by atoms with Crippen LogP contribution in [0.25, 0.3) is 0 Å². The SMILES string of the molecule is COc1cc2c(cc1OC)[C@@H](C(=O)N1CCCCCC1)[C@@H](c1ccccc1F)N(C)C2=O. The zero-order chi connectivity index (χ0) is 22.8. The predicted octanol–water partition coefficient (Wildman–Crippen LogP) is 4.16. The number of rotatable bonds is 4. The summed E-state index contributed by atoms with van der Waals surface area (Å²) < 4.78 is 25.8. The maximum Gasteiger partial charge on any atom is 0.254 e. The van der Waals surface area contributed by atoms with Crippen LogP contribution in [0.4, 0.5) is 4.39 Å². The molecule has 0 spiro atoms. The van der Waals surface area contributed by atoms with E-state index in [0.717, 1.165) is 25.7 Å². The van der Waals surface area contributed by atoms with Crippen molar-refractivity contribution < 1.29 is 23.5 Å². The number of amides is 2. The van der Waals surface area contributed by atoms with Crippen molar-refractivity contribution in [2.24, 2.45) is 0 Å². The number of hydrogen-bond acceptors (Lipinski definition) is 4. The number of methoxy groups -OCH3 is 2. The van der Waals surface area contributed by atoms with Crippen LogP contribution in [-0.4, -0.2) is 56.0 Å². The minimum absolute atomic E-state index is 0.0898. The van der Waals surface area contributed by atoms with E-state index in [0.29, 0.717) is 41.3 Å². The lowest BCUT2D eigenvalue weighted by atomic mass is 9.78. The second-order valence-corrected chi connectivity index (χ2v) is 8.39. The first-order valence-corrected chi connectivity index (χ1v) is 11.0. The molecule has 4 rings (SSSR count). The van der Waals surface area contributed by atoms with E-state index >= 15 is 0 Å². The minimum atomic E-state index is -0.759. The lowest BCUT2D eigenvalue weighted by Crippen LogP contribution is -2.47. The van der Waals surface area contributed by atoms with Gasteiger partial charge in [-0.3, -0.25) is 9.59 Å². The molecular weight excluding hydrogens is 411 g/mol. The highest BCUT2D eigenvalue weighted by Crippen LogP contribution is 2.46. The van der Waals surface area contributed by atoms with Crippen molar-refractivity contribution in [1.29, 1.82) is 0 Å². The number of nitrogens with zero attached hydrogens (tertiary/aromatic N) is 2. The van der Waals surface area contributed by atoms with Crippen molar-refractivity contribution in [3.8, 4) is 11.5 Å². The molecule has 2 aromatic rings. The molecule has 2 amide bonds. The molecular formula is C25H29FN2O4. The van der Waals surface area contributed by atoms with Crippen molar-refractivity contribution in [3.63, 3.8) is 0 Å². The number of benzene rings is 2. The van der Waals surface area contributed by atoms with Gasteiger partial charge in [0.1, 0.15) is 5.82 Å². The van der Waals surface area contributed by atoms with Crippen LogP contribution in [0, 0.1) is 5.82 Å². The van der Waals surface area contributed by atoms with Gasteiger partial charge < -0.3 is 19.3 Å². The third-order valence-corrected chi connectivity index (χ3v) is 6.58. The van der Waals surface area contributed by atoms with Gasteiger partial charge in [0.25, 0.3) is 5.91 Å². The Morgan fingerprint density at radius 1 is 0.969 bits per heavy atom. The molecule has 0 radical (unpaired) electrons. The summed E-state index contributed by atoms with van der Waals surface area (Å²) in [5.74, 6) is -0.706. The number of ether oxygens (including phenoxy) is 2. The quantitative estimate of drug-likeness (QED) is 0.717. The Labute approximate surface area is 187 Å². The average molecular weight is 441 g/mol. The molecule has 2 aromatic carbocycles. The first-order valence-electron chi connectivity index (χ1n) is 11.0. The average Bonchev–Trinajstić information content (AvgIpc) is 3.10. The Morgan fingerprint density at radius 3 is 2.22 bits per heavy atom. The number of hydrogen-bond donors (Lipinski definition) is 0. The van der Waals surface area contributed by atoms with Gasteiger partial charge in [-0.1, -0.05) is 31.0 Å². The van der Waals surface area contributed by atoms with E-state index in [-0.39, 0.29) is 11.8 Å². The summed E-state index contributed by atoms with van der Waals surface area (Å²) in [6, 6.07) is 8.92. The summed E-state index contributed by atoms with van der Waals surface area (Å²) in [7, 11) is 4.64. The molecule has 32 heavy (non-hydrogen) atoms. The molecule has 0 saturated carbocycles. The lowest BCUT2D eigenvalue weighted by molar-refractivity contribution is -0.134. The highest BCUT2D eigenvalue weighted by molar-refractivity contribution is 6.02. The van der Waals surface area contributed by atoms with Crippen molar-refractivity contribution in [2.45, 2.75) is 37.6 Å². The number of halogens is 1. The summed E-state index contributed by atoms with van der Waals surface area (Å²) in [6.07, 6.45) is 4.06. The van der Waals surface area contributed by atoms with Crippen LogP contribution in [0.1, 0.15) is 59.1 Å². The van der Waals surface area contributed by atoms with Crippen molar-refractivity contribution in [2.75, 3.05) is 34.4 Å². The molecule has 1 saturated heterocycles. The molecule has 0 N–H and O–H groups in total. The van der Waals surface area contributed by atoms with Crippen molar-refractivity contribution in [1.82, 2.24) is 9.80 Å². The van der Waals surface area contributed by atoms with Gasteiger partial charge in [-0.2, -0.15) is 0 Å². The fraction of sp³-hybridized carbons (Fsp3) is 0.440. The van der Waals surface area contributed by atoms with Gasteiger partial charge in [0, 0.05) is 31.3 Å². The Hall–Kier alpha value is -3.09. The molecule has 2 atom stereocenters. The van der Waals surface area contributed by atoms with Crippen LogP contribution in [0.3, 0.4) is 0 Å². The number of likely N-dealkylation sites (tertiary alicyclic amines) is 1. The molecule has 1 fully saturated rings. The third kappa shape index (κ3) is 3.80. The maximum atomic E-state index is 15.0. The summed E-state index contributed by atoms with van der Waals surface area (Å²) in [4.78, 5) is 30.7. The van der Waals surface area contributed by atoms with E-state index < -0.39 is 17.8 Å². The van der Waals surface area contributed by atoms with Gasteiger partial charge >= 0.3 is 0 Å². The Kier molecular flexibility index (Phi) is 6.35. The van der Waals surface area contributed by atoms with E-state index in [1.54, 1.807) is 37.4 Å². The fourth-order valence-corrected chi connectivity index (χ4v) is 4.91. The maximum absolute atomic E-state index is 15.0. The fourth-order valence-electron chi connectivity index (χ4n) is 4.91. The van der Waals surface area contributed by atoms with E-state index in [9.17, 15) is 14.0 Å². The van der Waals surface area contributed by atoms with E-state index in [1.807, 2.05) is 4.90 Å². The van der Waals surface area contributed by atoms with Crippen LogP contribution < -0.4 is 9.47 Å². The normalized spacial score (nSPS) is 21.1. The van der Waals surface area contributed by atoms with Gasteiger partial charge in [-0.15, -0.1) is 0 Å². The second-order valence-electron chi connectivity index (χ2n) is 8.39. The smallest absolute Gasteiger partial charge is 0.254 e. The molecule has 0 bridgehead atoms. The summed E-state index contributed by atoms with van der Waals surface area (Å²) in [5.41, 5.74) is 1.26. The Bertz CT molecular complexity index is 1020. The van der Waals surface area contributed by atoms with Crippen LogP contribution >= 0.6 is 0 Å². The predicted molar refractivity (Wildman–Crippen MR) is 119 cm³/mol. The lowest BCUT2D eigenvalue weighted by Gasteiger charge is -2.41. The molecule has 6 nitrogen and oxygen atoms in total. The minimum Gasteiger partial charge on any atom is -0.493 e. The van der Waals surface area contributed by atoms with Gasteiger partial charge in [0.2, 0.25) is 5.91 Å². The van der Waals surface area contributed by atoms with Gasteiger partial charge in [-0.25, -0.2) is 4.39 Å². The van der Waals surface area contributed by atoms with Gasteiger partial charge in [-0.05, 0) is 36.6 Å². The molecule has 0 aliphatic carbocycles. The first kappa shape index (κ1) is 22.1. The number of fused-ring (bicyclic) bond motifs is 1. The number of carbonyl (C=O) groups is 2. The molecule has 170 valence electrons. The molecule has 0 aromatic heterocycles.